The number of urea groups is 1. The van der Waals surface area contributed by atoms with Gasteiger partial charge in [0.1, 0.15) is 6.61 Å². The Morgan fingerprint density at radius 1 is 1.04 bits per heavy atom. The van der Waals surface area contributed by atoms with E-state index in [1.807, 2.05) is 30.3 Å². The SMILES string of the molecule is CCOC(=O)C1=C(COC(=O)c2ccc3ccccc3c2)NC(=O)NC1. The van der Waals surface area contributed by atoms with E-state index < -0.39 is 18.0 Å². The first kappa shape index (κ1) is 17.5. The number of fused-ring (bicyclic) bond motifs is 1. The first-order valence-electron chi connectivity index (χ1n) is 8.18. The number of nitrogens with one attached hydrogen (secondary N) is 2. The van der Waals surface area contributed by atoms with Gasteiger partial charge >= 0.3 is 18.0 Å². The Bertz CT molecular complexity index is 904. The molecule has 0 unspecified atom stereocenters. The molecule has 0 fully saturated rings. The standard InChI is InChI=1S/C19H18N2O5/c1-2-25-18(23)15-10-20-19(24)21-16(15)11-26-17(22)14-8-7-12-5-3-4-6-13(12)9-14/h3-9H,2,10-11H2,1H3,(H2,20,21,24). The van der Waals surface area contributed by atoms with Crippen molar-refractivity contribution in [3.8, 4) is 0 Å². The molecule has 2 amide bonds. The molecule has 0 radical (unpaired) electrons. The lowest BCUT2D eigenvalue weighted by Crippen LogP contribution is -2.45. The number of hydrogen-bond donors (Lipinski definition) is 2. The molecule has 1 heterocycles. The van der Waals surface area contributed by atoms with Crippen molar-refractivity contribution in [3.63, 3.8) is 0 Å². The fourth-order valence-corrected chi connectivity index (χ4v) is 2.61. The Balaban J connectivity index is 1.75. The number of benzene rings is 2. The second-order valence-electron chi connectivity index (χ2n) is 5.62. The Labute approximate surface area is 150 Å². The lowest BCUT2D eigenvalue weighted by atomic mass is 10.1. The molecule has 2 aromatic carbocycles. The third kappa shape index (κ3) is 3.83. The molecular formula is C19H18N2O5. The number of rotatable bonds is 5. The topological polar surface area (TPSA) is 93.7 Å². The van der Waals surface area contributed by atoms with E-state index in [2.05, 4.69) is 10.6 Å². The van der Waals surface area contributed by atoms with Crippen molar-refractivity contribution in [1.82, 2.24) is 10.6 Å². The summed E-state index contributed by atoms with van der Waals surface area (Å²) in [6.07, 6.45) is 0. The van der Waals surface area contributed by atoms with Gasteiger partial charge < -0.3 is 20.1 Å². The minimum absolute atomic E-state index is 0.0214. The van der Waals surface area contributed by atoms with Crippen molar-refractivity contribution in [2.24, 2.45) is 0 Å². The predicted molar refractivity (Wildman–Crippen MR) is 94.4 cm³/mol. The average molecular weight is 354 g/mol. The highest BCUT2D eigenvalue weighted by Crippen LogP contribution is 2.17. The van der Waals surface area contributed by atoms with Crippen LogP contribution in [0.2, 0.25) is 0 Å². The van der Waals surface area contributed by atoms with Crippen LogP contribution in [0.3, 0.4) is 0 Å². The van der Waals surface area contributed by atoms with Gasteiger partial charge in [-0.2, -0.15) is 0 Å². The first-order chi connectivity index (χ1) is 12.6. The van der Waals surface area contributed by atoms with E-state index in [4.69, 9.17) is 9.47 Å². The van der Waals surface area contributed by atoms with Crippen LogP contribution < -0.4 is 10.6 Å². The molecule has 0 bridgehead atoms. The summed E-state index contributed by atoms with van der Waals surface area (Å²) in [6, 6.07) is 12.4. The minimum Gasteiger partial charge on any atom is -0.463 e. The summed E-state index contributed by atoms with van der Waals surface area (Å²) in [4.78, 5) is 35.8. The van der Waals surface area contributed by atoms with Crippen molar-refractivity contribution in [2.45, 2.75) is 6.92 Å². The van der Waals surface area contributed by atoms with Crippen molar-refractivity contribution >= 4 is 28.7 Å². The van der Waals surface area contributed by atoms with Crippen LogP contribution in [0.5, 0.6) is 0 Å². The van der Waals surface area contributed by atoms with Crippen LogP contribution in [-0.4, -0.2) is 37.7 Å². The maximum atomic E-state index is 12.3. The van der Waals surface area contributed by atoms with E-state index >= 15 is 0 Å². The predicted octanol–water partition coefficient (Wildman–Crippen LogP) is 2.13. The Morgan fingerprint density at radius 2 is 1.81 bits per heavy atom. The van der Waals surface area contributed by atoms with Gasteiger partial charge in [0.05, 0.1) is 30.0 Å². The Kier molecular flexibility index (Phi) is 5.17. The molecule has 1 aliphatic heterocycles. The average Bonchev–Trinajstić information content (AvgIpc) is 2.66. The van der Waals surface area contributed by atoms with E-state index in [1.54, 1.807) is 19.1 Å². The lowest BCUT2D eigenvalue weighted by Gasteiger charge is -2.21. The van der Waals surface area contributed by atoms with Gasteiger partial charge in [-0.25, -0.2) is 14.4 Å². The molecule has 0 aliphatic carbocycles. The molecule has 0 saturated heterocycles. The summed E-state index contributed by atoms with van der Waals surface area (Å²) < 4.78 is 10.2. The van der Waals surface area contributed by atoms with Crippen LogP contribution in [0.25, 0.3) is 10.8 Å². The summed E-state index contributed by atoms with van der Waals surface area (Å²) in [5.74, 6) is -1.10. The quantitative estimate of drug-likeness (QED) is 0.802. The molecule has 0 saturated carbocycles. The zero-order valence-corrected chi connectivity index (χ0v) is 14.2. The smallest absolute Gasteiger partial charge is 0.338 e. The second kappa shape index (κ2) is 7.69. The molecule has 2 aromatic rings. The van der Waals surface area contributed by atoms with E-state index in [0.29, 0.717) is 5.56 Å². The monoisotopic (exact) mass is 354 g/mol. The first-order valence-corrected chi connectivity index (χ1v) is 8.18. The van der Waals surface area contributed by atoms with Crippen LogP contribution in [-0.2, 0) is 14.3 Å². The summed E-state index contributed by atoms with van der Waals surface area (Å²) in [5, 5.41) is 6.92. The molecule has 2 N–H and O–H groups in total. The van der Waals surface area contributed by atoms with Crippen molar-refractivity contribution in [3.05, 3.63) is 59.3 Å². The third-order valence-electron chi connectivity index (χ3n) is 3.91. The van der Waals surface area contributed by atoms with Gasteiger partial charge in [0.15, 0.2) is 0 Å². The lowest BCUT2D eigenvalue weighted by molar-refractivity contribution is -0.138. The molecular weight excluding hydrogens is 336 g/mol. The number of amides is 2. The van der Waals surface area contributed by atoms with Gasteiger partial charge in [-0.05, 0) is 29.8 Å². The number of hydrogen-bond acceptors (Lipinski definition) is 5. The molecule has 26 heavy (non-hydrogen) atoms. The second-order valence-corrected chi connectivity index (χ2v) is 5.62. The highest BCUT2D eigenvalue weighted by molar-refractivity contribution is 5.96. The van der Waals surface area contributed by atoms with Gasteiger partial charge in [-0.1, -0.05) is 30.3 Å². The Hall–Kier alpha value is -3.35. The van der Waals surface area contributed by atoms with Crippen LogP contribution in [0.4, 0.5) is 4.79 Å². The molecule has 1 aliphatic rings. The maximum absolute atomic E-state index is 12.3. The normalized spacial score (nSPS) is 13.8. The molecule has 0 atom stereocenters. The van der Waals surface area contributed by atoms with Crippen LogP contribution in [0.1, 0.15) is 17.3 Å². The third-order valence-corrected chi connectivity index (χ3v) is 3.91. The molecule has 3 rings (SSSR count). The number of carbonyl (C=O) groups is 3. The van der Waals surface area contributed by atoms with Crippen molar-refractivity contribution in [1.29, 1.82) is 0 Å². The number of esters is 2. The largest absolute Gasteiger partial charge is 0.463 e. The highest BCUT2D eigenvalue weighted by atomic mass is 16.5. The molecule has 0 spiro atoms. The summed E-state index contributed by atoms with van der Waals surface area (Å²) in [5.41, 5.74) is 0.848. The number of ether oxygens (including phenoxy) is 2. The minimum atomic E-state index is -0.559. The summed E-state index contributed by atoms with van der Waals surface area (Å²) in [6.45, 7) is 1.69. The van der Waals surface area contributed by atoms with E-state index in [-0.39, 0.29) is 31.0 Å². The van der Waals surface area contributed by atoms with Crippen molar-refractivity contribution in [2.75, 3.05) is 19.8 Å². The zero-order chi connectivity index (χ0) is 18.5. The summed E-state index contributed by atoms with van der Waals surface area (Å²) in [7, 11) is 0. The van der Waals surface area contributed by atoms with Gasteiger partial charge in [0, 0.05) is 0 Å². The van der Waals surface area contributed by atoms with E-state index in [1.165, 1.54) is 0 Å². The summed E-state index contributed by atoms with van der Waals surface area (Å²) >= 11 is 0. The number of carbonyl (C=O) groups excluding carboxylic acids is 3. The molecule has 7 nitrogen and oxygen atoms in total. The maximum Gasteiger partial charge on any atom is 0.338 e. The van der Waals surface area contributed by atoms with Gasteiger partial charge in [-0.15, -0.1) is 0 Å². The fraction of sp³-hybridized carbons (Fsp3) is 0.211. The van der Waals surface area contributed by atoms with Crippen LogP contribution >= 0.6 is 0 Å². The molecule has 134 valence electrons. The fourth-order valence-electron chi connectivity index (χ4n) is 2.61. The molecule has 0 aromatic heterocycles. The van der Waals surface area contributed by atoms with Crippen molar-refractivity contribution < 1.29 is 23.9 Å². The van der Waals surface area contributed by atoms with Crippen LogP contribution in [0.15, 0.2) is 53.7 Å². The van der Waals surface area contributed by atoms with Gasteiger partial charge in [0.2, 0.25) is 0 Å². The highest BCUT2D eigenvalue weighted by Gasteiger charge is 2.24. The molecule has 7 heteroatoms. The van der Waals surface area contributed by atoms with E-state index in [0.717, 1.165) is 10.8 Å². The van der Waals surface area contributed by atoms with Gasteiger partial charge in [-0.3, -0.25) is 0 Å². The van der Waals surface area contributed by atoms with Crippen LogP contribution in [0, 0.1) is 0 Å². The Morgan fingerprint density at radius 3 is 2.58 bits per heavy atom. The zero-order valence-electron chi connectivity index (χ0n) is 14.2. The van der Waals surface area contributed by atoms with E-state index in [9.17, 15) is 14.4 Å². The van der Waals surface area contributed by atoms with Gasteiger partial charge in [0.25, 0.3) is 0 Å².